The predicted molar refractivity (Wildman–Crippen MR) is 87.5 cm³/mol. The fourth-order valence-corrected chi connectivity index (χ4v) is 3.02. The number of carboxylic acid groups (broad SMARTS) is 1. The second kappa shape index (κ2) is 7.10. The molecule has 2 aliphatic heterocycles. The number of anilines is 1. The van der Waals surface area contributed by atoms with E-state index in [4.69, 9.17) is 14.6 Å². The van der Waals surface area contributed by atoms with Gasteiger partial charge < -0.3 is 19.5 Å². The van der Waals surface area contributed by atoms with Crippen molar-refractivity contribution in [2.24, 2.45) is 0 Å². The van der Waals surface area contributed by atoms with Crippen LogP contribution in [-0.4, -0.2) is 66.2 Å². The van der Waals surface area contributed by atoms with Crippen molar-refractivity contribution in [3.8, 4) is 5.75 Å². The second-order valence-corrected chi connectivity index (χ2v) is 6.08. The Balaban J connectivity index is 1.72. The largest absolute Gasteiger partial charge is 0.481 e. The Morgan fingerprint density at radius 2 is 2.08 bits per heavy atom. The van der Waals surface area contributed by atoms with Crippen LogP contribution in [0.5, 0.6) is 5.75 Å². The molecule has 3 rings (SSSR count). The first-order valence-electron chi connectivity index (χ1n) is 8.14. The minimum atomic E-state index is -0.967. The zero-order valence-corrected chi connectivity index (χ0v) is 13.9. The van der Waals surface area contributed by atoms with Crippen molar-refractivity contribution in [1.29, 1.82) is 0 Å². The summed E-state index contributed by atoms with van der Waals surface area (Å²) in [4.78, 5) is 38.9. The summed E-state index contributed by atoms with van der Waals surface area (Å²) in [7, 11) is 0. The molecule has 0 saturated carbocycles. The quantitative estimate of drug-likeness (QED) is 0.851. The van der Waals surface area contributed by atoms with Crippen molar-refractivity contribution in [2.45, 2.75) is 25.6 Å². The summed E-state index contributed by atoms with van der Waals surface area (Å²) >= 11 is 0. The average Bonchev–Trinajstić information content (AvgIpc) is 2.58. The van der Waals surface area contributed by atoms with Crippen molar-refractivity contribution < 1.29 is 29.0 Å². The Bertz CT molecular complexity index is 691. The van der Waals surface area contributed by atoms with Gasteiger partial charge in [-0.2, -0.15) is 0 Å². The zero-order valence-electron chi connectivity index (χ0n) is 13.9. The highest BCUT2D eigenvalue weighted by Crippen LogP contribution is 2.33. The number of carbonyl (C=O) groups is 3. The molecule has 1 saturated heterocycles. The van der Waals surface area contributed by atoms with Gasteiger partial charge in [0.1, 0.15) is 12.3 Å². The molecule has 1 aromatic rings. The number of fused-ring (bicyclic) bond motifs is 1. The molecule has 0 spiro atoms. The smallest absolute Gasteiger partial charge is 0.306 e. The Labute approximate surface area is 144 Å². The van der Waals surface area contributed by atoms with Crippen LogP contribution in [0.2, 0.25) is 0 Å². The minimum absolute atomic E-state index is 0.108. The molecule has 0 radical (unpaired) electrons. The second-order valence-electron chi connectivity index (χ2n) is 6.08. The first-order chi connectivity index (χ1) is 12.0. The van der Waals surface area contributed by atoms with Gasteiger partial charge in [0, 0.05) is 13.1 Å². The van der Waals surface area contributed by atoms with Crippen LogP contribution in [0.4, 0.5) is 5.69 Å². The maximum absolute atomic E-state index is 12.6. The Hall–Kier alpha value is -2.61. The van der Waals surface area contributed by atoms with E-state index >= 15 is 0 Å². The summed E-state index contributed by atoms with van der Waals surface area (Å²) in [5.41, 5.74) is 0.564. The van der Waals surface area contributed by atoms with E-state index in [1.807, 2.05) is 0 Å². The first-order valence-corrected chi connectivity index (χ1v) is 8.14. The summed E-state index contributed by atoms with van der Waals surface area (Å²) in [5, 5.41) is 8.87. The van der Waals surface area contributed by atoms with Crippen LogP contribution in [0.15, 0.2) is 24.3 Å². The van der Waals surface area contributed by atoms with Crippen molar-refractivity contribution >= 4 is 23.5 Å². The third-order valence-corrected chi connectivity index (χ3v) is 4.26. The number of morpholine rings is 1. The Morgan fingerprint density at radius 1 is 1.32 bits per heavy atom. The fourth-order valence-electron chi connectivity index (χ4n) is 3.02. The summed E-state index contributed by atoms with van der Waals surface area (Å²) < 4.78 is 10.9. The third-order valence-electron chi connectivity index (χ3n) is 4.26. The van der Waals surface area contributed by atoms with Crippen LogP contribution in [0.25, 0.3) is 0 Å². The van der Waals surface area contributed by atoms with E-state index in [9.17, 15) is 14.4 Å². The topological polar surface area (TPSA) is 96.4 Å². The molecular formula is C17H20N2O6. The van der Waals surface area contributed by atoms with Gasteiger partial charge in [0.05, 0.1) is 24.8 Å². The fraction of sp³-hybridized carbons (Fsp3) is 0.471. The molecule has 1 fully saturated rings. The van der Waals surface area contributed by atoms with E-state index in [0.717, 1.165) is 0 Å². The lowest BCUT2D eigenvalue weighted by Gasteiger charge is -2.36. The van der Waals surface area contributed by atoms with Gasteiger partial charge in [0.15, 0.2) is 6.10 Å². The van der Waals surface area contributed by atoms with E-state index in [1.165, 1.54) is 4.90 Å². The van der Waals surface area contributed by atoms with Gasteiger partial charge >= 0.3 is 5.97 Å². The number of nitrogens with zero attached hydrogens (tertiary/aromatic N) is 2. The van der Waals surface area contributed by atoms with E-state index in [2.05, 4.69) is 0 Å². The molecule has 2 heterocycles. The maximum atomic E-state index is 12.6. The molecule has 0 unspecified atom stereocenters. The lowest BCUT2D eigenvalue weighted by molar-refractivity contribution is -0.147. The molecule has 8 nitrogen and oxygen atoms in total. The normalized spacial score (nSPS) is 23.0. The summed E-state index contributed by atoms with van der Waals surface area (Å²) in [5.74, 6) is -0.920. The van der Waals surface area contributed by atoms with Crippen molar-refractivity contribution in [3.05, 3.63) is 24.3 Å². The van der Waals surface area contributed by atoms with Crippen LogP contribution in [0.1, 0.15) is 13.3 Å². The van der Waals surface area contributed by atoms with Crippen LogP contribution in [0, 0.1) is 0 Å². The number of benzene rings is 1. The van der Waals surface area contributed by atoms with Gasteiger partial charge in [0.25, 0.3) is 5.91 Å². The van der Waals surface area contributed by atoms with E-state index < -0.39 is 18.2 Å². The van der Waals surface area contributed by atoms with Crippen molar-refractivity contribution in [3.63, 3.8) is 0 Å². The summed E-state index contributed by atoms with van der Waals surface area (Å²) in [6.07, 6.45) is -1.34. The van der Waals surface area contributed by atoms with Crippen molar-refractivity contribution in [1.82, 2.24) is 4.90 Å². The lowest BCUT2D eigenvalue weighted by Crippen LogP contribution is -2.53. The Morgan fingerprint density at radius 3 is 2.84 bits per heavy atom. The highest BCUT2D eigenvalue weighted by atomic mass is 16.5. The van der Waals surface area contributed by atoms with Crippen molar-refractivity contribution in [2.75, 3.05) is 31.1 Å². The molecule has 0 bridgehead atoms. The molecule has 2 atom stereocenters. The van der Waals surface area contributed by atoms with Gasteiger partial charge in [0.2, 0.25) is 5.91 Å². The third kappa shape index (κ3) is 3.74. The van der Waals surface area contributed by atoms with Crippen LogP contribution >= 0.6 is 0 Å². The van der Waals surface area contributed by atoms with Gasteiger partial charge in [-0.05, 0) is 19.1 Å². The molecule has 8 heteroatoms. The minimum Gasteiger partial charge on any atom is -0.481 e. The number of ether oxygens (including phenoxy) is 2. The average molecular weight is 348 g/mol. The van der Waals surface area contributed by atoms with Crippen LogP contribution in [0.3, 0.4) is 0 Å². The van der Waals surface area contributed by atoms with Crippen LogP contribution < -0.4 is 9.64 Å². The van der Waals surface area contributed by atoms with Crippen LogP contribution in [-0.2, 0) is 19.1 Å². The number of hydrogen-bond donors (Lipinski definition) is 1. The molecule has 1 aromatic carbocycles. The first kappa shape index (κ1) is 17.2. The predicted octanol–water partition coefficient (Wildman–Crippen LogP) is 0.503. The Kier molecular flexibility index (Phi) is 4.89. The number of hydrogen-bond acceptors (Lipinski definition) is 5. The number of carbonyl (C=O) groups excluding carboxylic acids is 2. The number of carboxylic acids is 1. The number of aliphatic carboxylic acids is 1. The highest BCUT2D eigenvalue weighted by molar-refractivity contribution is 6.03. The summed E-state index contributed by atoms with van der Waals surface area (Å²) in [6, 6.07) is 7.08. The molecule has 1 N–H and O–H groups in total. The zero-order chi connectivity index (χ0) is 18.0. The van der Waals surface area contributed by atoms with E-state index in [-0.39, 0.29) is 37.9 Å². The maximum Gasteiger partial charge on any atom is 0.306 e. The lowest BCUT2D eigenvalue weighted by atomic mass is 10.1. The molecule has 0 aliphatic carbocycles. The van der Waals surface area contributed by atoms with Gasteiger partial charge in [-0.3, -0.25) is 19.3 Å². The van der Waals surface area contributed by atoms with Gasteiger partial charge in [-0.25, -0.2) is 0 Å². The molecule has 2 amide bonds. The molecule has 134 valence electrons. The number of rotatable bonds is 4. The number of amides is 2. The molecule has 2 aliphatic rings. The molecule has 0 aromatic heterocycles. The SMILES string of the molecule is C[C@@H]1Oc2ccccc2N(CC(=O)N2CCO[C@@H](CC(=O)O)C2)C1=O. The molecular weight excluding hydrogens is 328 g/mol. The van der Waals surface area contributed by atoms with E-state index in [1.54, 1.807) is 36.1 Å². The number of para-hydroxylation sites is 2. The highest BCUT2D eigenvalue weighted by Gasteiger charge is 2.34. The van der Waals surface area contributed by atoms with Gasteiger partial charge in [-0.1, -0.05) is 12.1 Å². The summed E-state index contributed by atoms with van der Waals surface area (Å²) in [6.45, 7) is 2.41. The molecule has 25 heavy (non-hydrogen) atoms. The van der Waals surface area contributed by atoms with Gasteiger partial charge in [-0.15, -0.1) is 0 Å². The standard InChI is InChI=1S/C17H20N2O6/c1-11-17(23)19(13-4-2-3-5-14(13)25-11)10-15(20)18-6-7-24-12(9-18)8-16(21)22/h2-5,11-12H,6-10H2,1H3,(H,21,22)/t11-,12-/m0/s1. The monoisotopic (exact) mass is 348 g/mol. The van der Waals surface area contributed by atoms with E-state index in [0.29, 0.717) is 18.0 Å².